The predicted octanol–water partition coefficient (Wildman–Crippen LogP) is 14.4. The van der Waals surface area contributed by atoms with Crippen molar-refractivity contribution in [3.05, 3.63) is 199 Å². The molecule has 10 rings (SSSR count). The number of para-hydroxylation sites is 2. The lowest BCUT2D eigenvalue weighted by molar-refractivity contribution is 0.660. The van der Waals surface area contributed by atoms with Crippen LogP contribution in [0.4, 0.5) is 17.1 Å². The summed E-state index contributed by atoms with van der Waals surface area (Å²) in [5.41, 5.74) is 17.4. The van der Waals surface area contributed by atoms with Crippen molar-refractivity contribution in [3.8, 4) is 44.5 Å². The van der Waals surface area contributed by atoms with E-state index in [-0.39, 0.29) is 5.41 Å². The normalized spacial score (nSPS) is 12.9. The first-order chi connectivity index (χ1) is 26.0. The first kappa shape index (κ1) is 31.1. The zero-order chi connectivity index (χ0) is 35.5. The van der Waals surface area contributed by atoms with E-state index in [1.807, 2.05) is 12.1 Å². The van der Waals surface area contributed by atoms with Crippen LogP contribution < -0.4 is 4.90 Å². The molecule has 1 aromatic heterocycles. The van der Waals surface area contributed by atoms with Crippen LogP contribution in [-0.2, 0) is 5.41 Å². The molecule has 2 nitrogen and oxygen atoms in total. The summed E-state index contributed by atoms with van der Waals surface area (Å²) in [6.07, 6.45) is 0. The van der Waals surface area contributed by atoms with E-state index in [9.17, 15) is 0 Å². The lowest BCUT2D eigenvalue weighted by Gasteiger charge is -2.28. The van der Waals surface area contributed by atoms with Crippen LogP contribution in [0.2, 0.25) is 0 Å². The van der Waals surface area contributed by atoms with Crippen molar-refractivity contribution in [2.45, 2.75) is 19.3 Å². The van der Waals surface area contributed by atoms with Crippen molar-refractivity contribution in [2.24, 2.45) is 0 Å². The molecule has 0 unspecified atom stereocenters. The van der Waals surface area contributed by atoms with E-state index >= 15 is 0 Å². The summed E-state index contributed by atoms with van der Waals surface area (Å²) >= 11 is 0. The topological polar surface area (TPSA) is 16.4 Å². The minimum atomic E-state index is -0.101. The summed E-state index contributed by atoms with van der Waals surface area (Å²) in [6.45, 7) is 4.69. The van der Waals surface area contributed by atoms with Crippen molar-refractivity contribution < 1.29 is 4.42 Å². The monoisotopic (exact) mass is 679 g/mol. The van der Waals surface area contributed by atoms with Gasteiger partial charge in [0.15, 0.2) is 0 Å². The van der Waals surface area contributed by atoms with Crippen LogP contribution in [0.3, 0.4) is 0 Å². The Balaban J connectivity index is 1.10. The molecule has 0 radical (unpaired) electrons. The van der Waals surface area contributed by atoms with Crippen molar-refractivity contribution in [2.75, 3.05) is 4.90 Å². The first-order valence-corrected chi connectivity index (χ1v) is 18.3. The number of hydrogen-bond donors (Lipinski definition) is 0. The molecule has 1 aliphatic rings. The summed E-state index contributed by atoms with van der Waals surface area (Å²) in [6, 6.07) is 67.8. The molecule has 0 atom stereocenters. The van der Waals surface area contributed by atoms with Crippen LogP contribution in [0.5, 0.6) is 0 Å². The molecule has 0 saturated heterocycles. The van der Waals surface area contributed by atoms with E-state index in [4.69, 9.17) is 4.42 Å². The summed E-state index contributed by atoms with van der Waals surface area (Å²) in [4.78, 5) is 2.40. The Kier molecular flexibility index (Phi) is 7.19. The zero-order valence-corrected chi connectivity index (χ0v) is 29.8. The average Bonchev–Trinajstić information content (AvgIpc) is 3.71. The molecule has 2 heteroatoms. The second-order valence-corrected chi connectivity index (χ2v) is 14.5. The fourth-order valence-corrected chi connectivity index (χ4v) is 8.45. The lowest BCUT2D eigenvalue weighted by Crippen LogP contribution is -2.16. The predicted molar refractivity (Wildman–Crippen MR) is 222 cm³/mol. The Bertz CT molecular complexity index is 2810. The van der Waals surface area contributed by atoms with Gasteiger partial charge in [-0.3, -0.25) is 0 Å². The molecule has 0 N–H and O–H groups in total. The quantitative estimate of drug-likeness (QED) is 0.174. The number of furan rings is 1. The minimum absolute atomic E-state index is 0.101. The van der Waals surface area contributed by atoms with Crippen LogP contribution in [-0.4, -0.2) is 0 Å². The van der Waals surface area contributed by atoms with Gasteiger partial charge in [-0.1, -0.05) is 159 Å². The van der Waals surface area contributed by atoms with E-state index in [1.54, 1.807) is 0 Å². The fourth-order valence-electron chi connectivity index (χ4n) is 8.45. The van der Waals surface area contributed by atoms with Gasteiger partial charge in [0.1, 0.15) is 11.2 Å². The molecule has 0 spiro atoms. The van der Waals surface area contributed by atoms with Gasteiger partial charge in [-0.15, -0.1) is 0 Å². The molecule has 9 aromatic rings. The maximum absolute atomic E-state index is 6.48. The van der Waals surface area contributed by atoms with Gasteiger partial charge in [-0.05, 0) is 92.5 Å². The maximum atomic E-state index is 6.48. The Hall–Kier alpha value is -6.64. The largest absolute Gasteiger partial charge is 0.455 e. The van der Waals surface area contributed by atoms with Crippen LogP contribution in [0.25, 0.3) is 66.4 Å². The van der Waals surface area contributed by atoms with Gasteiger partial charge < -0.3 is 9.32 Å². The van der Waals surface area contributed by atoms with Gasteiger partial charge in [0.25, 0.3) is 0 Å². The zero-order valence-electron chi connectivity index (χ0n) is 29.8. The van der Waals surface area contributed by atoms with E-state index in [2.05, 4.69) is 195 Å². The fraction of sp³-hybridized carbons (Fsp3) is 0.0588. The first-order valence-electron chi connectivity index (χ1n) is 18.3. The molecule has 0 aliphatic heterocycles. The summed E-state index contributed by atoms with van der Waals surface area (Å²) < 4.78 is 6.48. The van der Waals surface area contributed by atoms with E-state index in [0.29, 0.717) is 0 Å². The maximum Gasteiger partial charge on any atom is 0.143 e. The third-order valence-corrected chi connectivity index (χ3v) is 11.1. The molecule has 53 heavy (non-hydrogen) atoms. The van der Waals surface area contributed by atoms with Crippen LogP contribution in [0.1, 0.15) is 25.0 Å². The standard InChI is InChI=1S/C51H37NO/c1-51(2)47-24-10-8-20-42(47)43-31-30-39(33-48(43)51)52(38-17-12-16-36(32-38)34-14-4-3-5-15-34)37-28-26-35(27-29-37)40-18-6-7-19-41(40)45-22-13-23-46-44-21-9-11-25-49(44)53-50(45)46/h3-33H,1-2H3. The van der Waals surface area contributed by atoms with Gasteiger partial charge in [-0.25, -0.2) is 0 Å². The molecule has 1 heterocycles. The molecule has 0 bridgehead atoms. The number of fused-ring (bicyclic) bond motifs is 6. The Morgan fingerprint density at radius 2 is 0.981 bits per heavy atom. The summed E-state index contributed by atoms with van der Waals surface area (Å²) in [5, 5.41) is 2.28. The number of rotatable bonds is 6. The van der Waals surface area contributed by atoms with Crippen molar-refractivity contribution >= 4 is 39.0 Å². The third-order valence-electron chi connectivity index (χ3n) is 11.1. The number of anilines is 3. The van der Waals surface area contributed by atoms with Gasteiger partial charge in [-0.2, -0.15) is 0 Å². The average molecular weight is 680 g/mol. The Morgan fingerprint density at radius 1 is 0.377 bits per heavy atom. The van der Waals surface area contributed by atoms with Gasteiger partial charge in [0, 0.05) is 38.8 Å². The highest BCUT2D eigenvalue weighted by Crippen LogP contribution is 2.51. The van der Waals surface area contributed by atoms with Crippen LogP contribution in [0.15, 0.2) is 192 Å². The van der Waals surface area contributed by atoms with Crippen LogP contribution in [0, 0.1) is 0 Å². The van der Waals surface area contributed by atoms with Crippen LogP contribution >= 0.6 is 0 Å². The van der Waals surface area contributed by atoms with Crippen molar-refractivity contribution in [3.63, 3.8) is 0 Å². The highest BCUT2D eigenvalue weighted by Gasteiger charge is 2.35. The molecule has 1 aliphatic carbocycles. The second-order valence-electron chi connectivity index (χ2n) is 14.5. The SMILES string of the molecule is CC1(C)c2ccccc2-c2ccc(N(c3ccc(-c4ccccc4-c4cccc5c4oc4ccccc45)cc3)c3cccc(-c4ccccc4)c3)cc21. The van der Waals surface area contributed by atoms with Gasteiger partial charge >= 0.3 is 0 Å². The molecular weight excluding hydrogens is 643 g/mol. The highest BCUT2D eigenvalue weighted by atomic mass is 16.3. The Morgan fingerprint density at radius 3 is 1.83 bits per heavy atom. The molecule has 0 amide bonds. The number of nitrogens with zero attached hydrogens (tertiary/aromatic N) is 1. The molecule has 0 fully saturated rings. The number of benzene rings is 8. The van der Waals surface area contributed by atoms with Gasteiger partial charge in [0.05, 0.1) is 0 Å². The minimum Gasteiger partial charge on any atom is -0.455 e. The molecule has 8 aromatic carbocycles. The Labute approximate surface area is 310 Å². The lowest BCUT2D eigenvalue weighted by atomic mass is 9.82. The van der Waals surface area contributed by atoms with E-state index in [1.165, 1.54) is 38.9 Å². The third kappa shape index (κ3) is 5.10. The van der Waals surface area contributed by atoms with Crippen molar-refractivity contribution in [1.82, 2.24) is 0 Å². The smallest absolute Gasteiger partial charge is 0.143 e. The van der Waals surface area contributed by atoms with E-state index in [0.717, 1.165) is 55.7 Å². The highest BCUT2D eigenvalue weighted by molar-refractivity contribution is 6.10. The van der Waals surface area contributed by atoms with E-state index < -0.39 is 0 Å². The number of hydrogen-bond acceptors (Lipinski definition) is 2. The molecular formula is C51H37NO. The molecule has 0 saturated carbocycles. The summed E-state index contributed by atoms with van der Waals surface area (Å²) in [7, 11) is 0. The van der Waals surface area contributed by atoms with Crippen molar-refractivity contribution in [1.29, 1.82) is 0 Å². The summed E-state index contributed by atoms with van der Waals surface area (Å²) in [5.74, 6) is 0. The van der Waals surface area contributed by atoms with Gasteiger partial charge in [0.2, 0.25) is 0 Å². The molecule has 252 valence electrons. The second kappa shape index (κ2) is 12.3.